The number of benzene rings is 2. The Morgan fingerprint density at radius 1 is 0.981 bits per heavy atom. The number of aliphatic carboxylic acids is 1. The molecule has 2 aromatic carbocycles. The number of hydrogen-bond donors (Lipinski definition) is 2. The molecule has 2 fully saturated rings. The number of nitrogens with one attached hydrogen (secondary N) is 1. The van der Waals surface area contributed by atoms with Gasteiger partial charge in [-0.05, 0) is 49.6 Å². The van der Waals surface area contributed by atoms with Gasteiger partial charge in [-0.2, -0.15) is 30.7 Å². The van der Waals surface area contributed by atoms with E-state index in [-0.39, 0.29) is 19.4 Å². The summed E-state index contributed by atoms with van der Waals surface area (Å²) in [6.07, 6.45) is -9.98. The van der Waals surface area contributed by atoms with Gasteiger partial charge in [-0.3, -0.25) is 24.3 Å². The number of nitrogens with zero attached hydrogens (tertiary/aromatic N) is 5. The summed E-state index contributed by atoms with van der Waals surface area (Å²) in [5.41, 5.74) is -6.48. The minimum atomic E-state index is -4.99. The van der Waals surface area contributed by atoms with Crippen molar-refractivity contribution in [2.45, 2.75) is 50.1 Å². The smallest absolute Gasteiger partial charge is 0.433 e. The van der Waals surface area contributed by atoms with Crippen LogP contribution in [0.4, 0.5) is 40.8 Å². The van der Waals surface area contributed by atoms with E-state index in [1.54, 1.807) is 0 Å². The number of morpholine rings is 1. The van der Waals surface area contributed by atoms with Gasteiger partial charge >= 0.3 is 18.3 Å². The van der Waals surface area contributed by atoms with E-state index in [9.17, 15) is 45.8 Å². The molecule has 1 aliphatic heterocycles. The molecule has 1 saturated carbocycles. The van der Waals surface area contributed by atoms with Crippen LogP contribution in [0, 0.1) is 11.6 Å². The number of alkyl halides is 6. The zero-order valence-electron chi connectivity index (χ0n) is 28.6. The van der Waals surface area contributed by atoms with Gasteiger partial charge in [-0.25, -0.2) is 19.4 Å². The lowest BCUT2D eigenvalue weighted by Crippen LogP contribution is -2.64. The first-order chi connectivity index (χ1) is 25.4. The summed E-state index contributed by atoms with van der Waals surface area (Å²) < 4.78 is 122. The fraction of sp³-hybridized carbons (Fsp3) is 0.441. The molecule has 0 spiro atoms. The maximum Gasteiger partial charge on any atom is 0.433 e. The van der Waals surface area contributed by atoms with E-state index in [1.165, 1.54) is 7.05 Å². The van der Waals surface area contributed by atoms with Crippen molar-refractivity contribution in [1.29, 1.82) is 0 Å². The Hall–Kier alpha value is -4.95. The molecule has 12 nitrogen and oxygen atoms in total. The monoisotopic (exact) mass is 774 g/mol. The molecule has 0 bridgehead atoms. The van der Waals surface area contributed by atoms with Crippen LogP contribution >= 0.6 is 0 Å². The van der Waals surface area contributed by atoms with Gasteiger partial charge in [0.25, 0.3) is 0 Å². The minimum absolute atomic E-state index is 0.0284. The molecule has 0 radical (unpaired) electrons. The fourth-order valence-electron chi connectivity index (χ4n) is 5.98. The van der Waals surface area contributed by atoms with Gasteiger partial charge in [-0.1, -0.05) is 6.07 Å². The molecular formula is C34H34F8N6O6. The third kappa shape index (κ3) is 9.04. The summed E-state index contributed by atoms with van der Waals surface area (Å²) in [4.78, 5) is 48.1. The van der Waals surface area contributed by atoms with Gasteiger partial charge in [0.15, 0.2) is 11.6 Å². The number of hydrazine groups is 1. The third-order valence-electron chi connectivity index (χ3n) is 9.23. The number of aromatic nitrogens is 2. The zero-order chi connectivity index (χ0) is 39.4. The van der Waals surface area contributed by atoms with Gasteiger partial charge < -0.3 is 19.9 Å². The molecule has 0 atom stereocenters. The average Bonchev–Trinajstić information content (AvgIpc) is 3.08. The normalized spacial score (nSPS) is 16.1. The predicted octanol–water partition coefficient (Wildman–Crippen LogP) is 5.38. The molecule has 3 aromatic rings. The molecule has 20 heteroatoms. The molecule has 1 aromatic heterocycles. The SMILES string of the molecule is CN(N(Cc1ccc(OCCN2CCOCC2)c(F)c1F)C(=O)CC(=O)Nc1ccc(C(F)(F)F)cc1-c1cc(C(F)(F)F)ncn1)C1(C(=O)O)CCC1. The molecule has 292 valence electrons. The minimum Gasteiger partial charge on any atom is -0.489 e. The highest BCUT2D eigenvalue weighted by Gasteiger charge is 2.51. The van der Waals surface area contributed by atoms with E-state index in [1.807, 2.05) is 4.90 Å². The lowest BCUT2D eigenvalue weighted by atomic mass is 9.76. The number of carbonyl (C=O) groups excluding carboxylic acids is 2. The van der Waals surface area contributed by atoms with Crippen LogP contribution in [0.25, 0.3) is 11.3 Å². The number of likely N-dealkylation sites (N-methyl/N-ethyl adjacent to an activating group) is 1. The Kier molecular flexibility index (Phi) is 12.1. The molecule has 5 rings (SSSR count). The van der Waals surface area contributed by atoms with Gasteiger partial charge in [0, 0.05) is 37.8 Å². The van der Waals surface area contributed by atoms with Crippen LogP contribution in [0.15, 0.2) is 42.7 Å². The Morgan fingerprint density at radius 3 is 2.30 bits per heavy atom. The largest absolute Gasteiger partial charge is 0.489 e. The highest BCUT2D eigenvalue weighted by molar-refractivity contribution is 6.05. The summed E-state index contributed by atoms with van der Waals surface area (Å²) in [6.45, 7) is 2.03. The molecule has 2 N–H and O–H groups in total. The van der Waals surface area contributed by atoms with Crippen molar-refractivity contribution in [2.75, 3.05) is 51.8 Å². The molecular weight excluding hydrogens is 740 g/mol. The standard InChI is InChI=1S/C34H34F8N6O6/c1-46(32(31(51)52)7-2-8-32)48(18-20-3-6-25(30(36)29(20)35)54-14-11-47-9-12-53-13-10-47)28(50)17-27(49)45-23-5-4-21(33(37,38)39)15-22(23)24-16-26(34(40,41)42)44-19-43-24/h3-6,15-16,19H,2,7-14,17-18H2,1H3,(H,45,49)(H,51,52). The highest BCUT2D eigenvalue weighted by atomic mass is 19.4. The Balaban J connectivity index is 1.38. The van der Waals surface area contributed by atoms with Crippen molar-refractivity contribution < 1.29 is 64.1 Å². The lowest BCUT2D eigenvalue weighted by Gasteiger charge is -2.49. The van der Waals surface area contributed by atoms with E-state index in [0.717, 1.165) is 28.2 Å². The Labute approximate surface area is 302 Å². The highest BCUT2D eigenvalue weighted by Crippen LogP contribution is 2.40. The number of amides is 2. The summed E-state index contributed by atoms with van der Waals surface area (Å²) in [7, 11) is 1.22. The second kappa shape index (κ2) is 16.2. The average molecular weight is 775 g/mol. The topological polar surface area (TPSA) is 137 Å². The second-order valence-electron chi connectivity index (χ2n) is 12.6. The van der Waals surface area contributed by atoms with E-state index in [2.05, 4.69) is 15.3 Å². The van der Waals surface area contributed by atoms with Crippen LogP contribution in [-0.2, 0) is 38.0 Å². The first kappa shape index (κ1) is 40.2. The van der Waals surface area contributed by atoms with Crippen molar-refractivity contribution in [3.8, 4) is 17.0 Å². The lowest BCUT2D eigenvalue weighted by molar-refractivity contribution is -0.187. The van der Waals surface area contributed by atoms with Crippen molar-refractivity contribution in [1.82, 2.24) is 24.9 Å². The van der Waals surface area contributed by atoms with Crippen molar-refractivity contribution in [2.24, 2.45) is 0 Å². The van der Waals surface area contributed by atoms with Crippen LogP contribution in [0.2, 0.25) is 0 Å². The number of carbonyl (C=O) groups is 3. The molecule has 2 heterocycles. The van der Waals surface area contributed by atoms with E-state index in [4.69, 9.17) is 9.47 Å². The van der Waals surface area contributed by atoms with Crippen LogP contribution < -0.4 is 10.1 Å². The Morgan fingerprint density at radius 2 is 1.69 bits per heavy atom. The van der Waals surface area contributed by atoms with Crippen molar-refractivity contribution in [3.05, 3.63) is 71.2 Å². The quantitative estimate of drug-likeness (QED) is 0.132. The summed E-state index contributed by atoms with van der Waals surface area (Å²) in [5.74, 6) is -6.81. The number of halogens is 8. The number of rotatable bonds is 13. The fourth-order valence-corrected chi connectivity index (χ4v) is 5.98. The van der Waals surface area contributed by atoms with Crippen LogP contribution in [0.5, 0.6) is 5.75 Å². The first-order valence-electron chi connectivity index (χ1n) is 16.5. The maximum absolute atomic E-state index is 15.5. The zero-order valence-corrected chi connectivity index (χ0v) is 28.6. The van der Waals surface area contributed by atoms with Crippen LogP contribution in [-0.4, -0.2) is 99.8 Å². The third-order valence-corrected chi connectivity index (χ3v) is 9.23. The second-order valence-corrected chi connectivity index (χ2v) is 12.6. The maximum atomic E-state index is 15.5. The van der Waals surface area contributed by atoms with Crippen LogP contribution in [0.1, 0.15) is 42.5 Å². The first-order valence-corrected chi connectivity index (χ1v) is 16.5. The van der Waals surface area contributed by atoms with E-state index < -0.39 is 99.8 Å². The van der Waals surface area contributed by atoms with Crippen LogP contribution in [0.3, 0.4) is 0 Å². The molecule has 54 heavy (non-hydrogen) atoms. The molecule has 2 aliphatic rings. The predicted molar refractivity (Wildman–Crippen MR) is 172 cm³/mol. The van der Waals surface area contributed by atoms with E-state index in [0.29, 0.717) is 63.8 Å². The molecule has 2 amide bonds. The molecule has 1 saturated heterocycles. The summed E-state index contributed by atoms with van der Waals surface area (Å²) in [5, 5.41) is 14.0. The number of ether oxygens (including phenoxy) is 2. The Bertz CT molecular complexity index is 1870. The van der Waals surface area contributed by atoms with Crippen molar-refractivity contribution in [3.63, 3.8) is 0 Å². The summed E-state index contributed by atoms with van der Waals surface area (Å²) >= 11 is 0. The van der Waals surface area contributed by atoms with Crippen molar-refractivity contribution >= 4 is 23.5 Å². The van der Waals surface area contributed by atoms with Gasteiger partial charge in [0.05, 0.1) is 36.7 Å². The van der Waals surface area contributed by atoms with Gasteiger partial charge in [0.2, 0.25) is 17.6 Å². The number of hydrogen-bond acceptors (Lipinski definition) is 9. The number of anilines is 1. The summed E-state index contributed by atoms with van der Waals surface area (Å²) in [6, 6.07) is 4.42. The number of carboxylic acid groups (broad SMARTS) is 1. The number of carboxylic acids is 1. The molecule has 0 unspecified atom stereocenters. The van der Waals surface area contributed by atoms with Gasteiger partial charge in [0.1, 0.15) is 30.6 Å². The van der Waals surface area contributed by atoms with E-state index >= 15 is 8.78 Å². The van der Waals surface area contributed by atoms with Gasteiger partial charge in [-0.15, -0.1) is 0 Å². The molecule has 1 aliphatic carbocycles.